The van der Waals surface area contributed by atoms with Crippen LogP contribution in [0.3, 0.4) is 0 Å². The second kappa shape index (κ2) is 5.84. The molecule has 2 rings (SSSR count). The normalized spacial score (nSPS) is 22.4. The maximum atomic E-state index is 12.5. The zero-order valence-corrected chi connectivity index (χ0v) is 12.4. The Hall–Kier alpha value is -1.54. The highest BCUT2D eigenvalue weighted by atomic mass is 32.1. The van der Waals surface area contributed by atoms with Crippen LogP contribution in [0.15, 0.2) is 0 Å². The summed E-state index contributed by atoms with van der Waals surface area (Å²) in [5.41, 5.74) is 0.616. The van der Waals surface area contributed by atoms with Crippen LogP contribution in [0.2, 0.25) is 0 Å². The molecule has 0 radical (unpaired) electrons. The third kappa shape index (κ3) is 2.66. The Morgan fingerprint density at radius 3 is 2.80 bits per heavy atom. The van der Waals surface area contributed by atoms with E-state index in [1.165, 1.54) is 12.0 Å². The number of rotatable bonds is 3. The van der Waals surface area contributed by atoms with Gasteiger partial charge >= 0.3 is 5.97 Å². The van der Waals surface area contributed by atoms with Crippen molar-refractivity contribution in [2.45, 2.75) is 38.3 Å². The highest BCUT2D eigenvalue weighted by Gasteiger charge is 2.41. The van der Waals surface area contributed by atoms with E-state index in [2.05, 4.69) is 14.3 Å². The lowest BCUT2D eigenvalue weighted by atomic mass is 10.1. The number of nitrogens with zero attached hydrogens (tertiary/aromatic N) is 3. The Morgan fingerprint density at radius 2 is 2.20 bits per heavy atom. The Bertz CT molecular complexity index is 517. The quantitative estimate of drug-likeness (QED) is 0.813. The molecule has 1 aromatic rings. The molecule has 0 aromatic carbocycles. The van der Waals surface area contributed by atoms with Crippen molar-refractivity contribution in [1.29, 1.82) is 0 Å². The number of carbonyl (C=O) groups is 2. The van der Waals surface area contributed by atoms with Gasteiger partial charge in [-0.1, -0.05) is 18.3 Å². The number of β-amino-alcohol motifs (C(OH)–C–C–N with tert-alkyl or cyclic N) is 1. The average molecular weight is 299 g/mol. The summed E-state index contributed by atoms with van der Waals surface area (Å²) in [6, 6.07) is -0.746. The van der Waals surface area contributed by atoms with Crippen molar-refractivity contribution in [3.8, 4) is 0 Å². The lowest BCUT2D eigenvalue weighted by molar-refractivity contribution is -0.145. The molecule has 1 aliphatic heterocycles. The van der Waals surface area contributed by atoms with E-state index < -0.39 is 18.1 Å². The van der Waals surface area contributed by atoms with Crippen molar-refractivity contribution in [3.05, 3.63) is 10.6 Å². The Labute approximate surface area is 120 Å². The molecule has 1 amide bonds. The Morgan fingerprint density at radius 1 is 1.50 bits per heavy atom. The van der Waals surface area contributed by atoms with Crippen molar-refractivity contribution in [2.75, 3.05) is 13.7 Å². The monoisotopic (exact) mass is 299 g/mol. The summed E-state index contributed by atoms with van der Waals surface area (Å²) in [4.78, 5) is 26.0. The predicted molar refractivity (Wildman–Crippen MR) is 71.5 cm³/mol. The lowest BCUT2D eigenvalue weighted by Crippen LogP contribution is -2.41. The minimum Gasteiger partial charge on any atom is -0.467 e. The van der Waals surface area contributed by atoms with Crippen LogP contribution < -0.4 is 0 Å². The van der Waals surface area contributed by atoms with Crippen molar-refractivity contribution in [2.24, 2.45) is 0 Å². The van der Waals surface area contributed by atoms with Crippen LogP contribution in [0.1, 0.15) is 41.6 Å². The van der Waals surface area contributed by atoms with E-state index in [9.17, 15) is 14.7 Å². The topological polar surface area (TPSA) is 92.6 Å². The van der Waals surface area contributed by atoms with Gasteiger partial charge in [-0.05, 0) is 17.5 Å². The minimum absolute atomic E-state index is 0.0665. The molecule has 1 aromatic heterocycles. The van der Waals surface area contributed by atoms with E-state index >= 15 is 0 Å². The van der Waals surface area contributed by atoms with Crippen LogP contribution in [0.4, 0.5) is 0 Å². The molecule has 2 unspecified atom stereocenters. The van der Waals surface area contributed by atoms with E-state index in [0.29, 0.717) is 10.6 Å². The molecule has 0 bridgehead atoms. The van der Waals surface area contributed by atoms with Crippen molar-refractivity contribution >= 4 is 23.4 Å². The van der Waals surface area contributed by atoms with E-state index in [-0.39, 0.29) is 24.8 Å². The zero-order valence-electron chi connectivity index (χ0n) is 11.6. The minimum atomic E-state index is -0.746. The summed E-state index contributed by atoms with van der Waals surface area (Å²) in [7, 11) is 1.27. The maximum absolute atomic E-state index is 12.5. The van der Waals surface area contributed by atoms with Gasteiger partial charge in [-0.3, -0.25) is 4.79 Å². The molecule has 20 heavy (non-hydrogen) atoms. The molecular formula is C12H17N3O4S. The van der Waals surface area contributed by atoms with Gasteiger partial charge in [-0.15, -0.1) is 5.10 Å². The van der Waals surface area contributed by atoms with E-state index in [0.717, 1.165) is 11.5 Å². The molecule has 0 spiro atoms. The molecule has 1 aliphatic rings. The third-order valence-electron chi connectivity index (χ3n) is 3.27. The molecule has 7 nitrogen and oxygen atoms in total. The van der Waals surface area contributed by atoms with Crippen LogP contribution in [0.5, 0.6) is 0 Å². The Balaban J connectivity index is 2.27. The summed E-state index contributed by atoms with van der Waals surface area (Å²) >= 11 is 1.01. The van der Waals surface area contributed by atoms with E-state index in [4.69, 9.17) is 0 Å². The van der Waals surface area contributed by atoms with Gasteiger partial charge in [0.15, 0.2) is 0 Å². The number of amides is 1. The van der Waals surface area contributed by atoms with Crippen LogP contribution in [0, 0.1) is 0 Å². The number of esters is 1. The van der Waals surface area contributed by atoms with Crippen LogP contribution >= 0.6 is 11.5 Å². The number of hydrogen-bond donors (Lipinski definition) is 1. The summed E-state index contributed by atoms with van der Waals surface area (Å²) < 4.78 is 8.50. The molecule has 1 saturated heterocycles. The first-order valence-corrected chi connectivity index (χ1v) is 7.12. The fourth-order valence-electron chi connectivity index (χ4n) is 2.25. The highest BCUT2D eigenvalue weighted by molar-refractivity contribution is 7.08. The van der Waals surface area contributed by atoms with Gasteiger partial charge in [0.25, 0.3) is 5.91 Å². The fraction of sp³-hybridized carbons (Fsp3) is 0.667. The molecule has 2 atom stereocenters. The van der Waals surface area contributed by atoms with Crippen LogP contribution in [-0.2, 0) is 9.53 Å². The number of ether oxygens (including phenoxy) is 1. The number of aliphatic hydroxyl groups is 1. The highest BCUT2D eigenvalue weighted by Crippen LogP contribution is 2.26. The number of methoxy groups -OCH3 is 1. The molecule has 1 fully saturated rings. The second-order valence-corrected chi connectivity index (χ2v) is 5.78. The van der Waals surface area contributed by atoms with Gasteiger partial charge in [0.1, 0.15) is 10.9 Å². The van der Waals surface area contributed by atoms with Gasteiger partial charge in [0.2, 0.25) is 0 Å². The lowest BCUT2D eigenvalue weighted by Gasteiger charge is -2.22. The molecule has 8 heteroatoms. The first kappa shape index (κ1) is 14.9. The van der Waals surface area contributed by atoms with Gasteiger partial charge in [0, 0.05) is 13.0 Å². The van der Waals surface area contributed by atoms with Crippen molar-refractivity contribution < 1.29 is 19.4 Å². The summed E-state index contributed by atoms with van der Waals surface area (Å²) in [5, 5.41) is 13.7. The first-order valence-electron chi connectivity index (χ1n) is 6.34. The standard InChI is InChI=1S/C12H17N3O4S/c1-6(2)9-10(20-14-13-9)11(17)15-5-7(16)4-8(15)12(18)19-3/h6-8,16H,4-5H2,1-3H3. The number of aromatic nitrogens is 2. The van der Waals surface area contributed by atoms with Gasteiger partial charge in [0.05, 0.1) is 18.9 Å². The molecule has 0 aliphatic carbocycles. The summed E-state index contributed by atoms with van der Waals surface area (Å²) in [6.07, 6.45) is -0.520. The number of carbonyl (C=O) groups excluding carboxylic acids is 2. The maximum Gasteiger partial charge on any atom is 0.328 e. The van der Waals surface area contributed by atoms with Gasteiger partial charge < -0.3 is 14.7 Å². The first-order chi connectivity index (χ1) is 9.45. The predicted octanol–water partition coefficient (Wildman–Crippen LogP) is 0.410. The van der Waals surface area contributed by atoms with Gasteiger partial charge in [-0.2, -0.15) is 0 Å². The largest absolute Gasteiger partial charge is 0.467 e. The molecule has 2 heterocycles. The van der Waals surface area contributed by atoms with E-state index in [1.807, 2.05) is 13.8 Å². The van der Waals surface area contributed by atoms with Gasteiger partial charge in [-0.25, -0.2) is 4.79 Å². The smallest absolute Gasteiger partial charge is 0.328 e. The van der Waals surface area contributed by atoms with E-state index in [1.54, 1.807) is 0 Å². The Kier molecular flexibility index (Phi) is 4.34. The zero-order chi connectivity index (χ0) is 14.9. The molecule has 1 N–H and O–H groups in total. The number of likely N-dealkylation sites (tertiary alicyclic amines) is 1. The summed E-state index contributed by atoms with van der Waals surface area (Å²) in [5.74, 6) is -0.772. The summed E-state index contributed by atoms with van der Waals surface area (Å²) in [6.45, 7) is 3.96. The number of hydrogen-bond acceptors (Lipinski definition) is 7. The van der Waals surface area contributed by atoms with Crippen LogP contribution in [0.25, 0.3) is 0 Å². The molecule has 0 saturated carbocycles. The fourth-order valence-corrected chi connectivity index (χ4v) is 3.03. The third-order valence-corrected chi connectivity index (χ3v) is 4.00. The molecule has 110 valence electrons. The number of aliphatic hydroxyl groups excluding tert-OH is 1. The average Bonchev–Trinajstić information content (AvgIpc) is 3.03. The van der Waals surface area contributed by atoms with Crippen molar-refractivity contribution in [1.82, 2.24) is 14.5 Å². The second-order valence-electron chi connectivity index (χ2n) is 5.03. The SMILES string of the molecule is COC(=O)C1CC(O)CN1C(=O)c1snnc1C(C)C. The molecular weight excluding hydrogens is 282 g/mol. The van der Waals surface area contributed by atoms with Crippen LogP contribution in [-0.4, -0.2) is 57.3 Å². The van der Waals surface area contributed by atoms with Crippen molar-refractivity contribution in [3.63, 3.8) is 0 Å².